The number of nitrogens with zero attached hydrogens (tertiary/aromatic N) is 2. The number of benzene rings is 1. The van der Waals surface area contributed by atoms with Gasteiger partial charge >= 0.3 is 5.97 Å². The van der Waals surface area contributed by atoms with Crippen LogP contribution in [0.15, 0.2) is 41.4 Å². The molecule has 0 saturated carbocycles. The number of amides is 1. The number of sulfonamides is 1. The zero-order chi connectivity index (χ0) is 21.7. The van der Waals surface area contributed by atoms with Gasteiger partial charge in [0, 0.05) is 19.3 Å². The lowest BCUT2D eigenvalue weighted by Crippen LogP contribution is -2.40. The third-order valence-electron chi connectivity index (χ3n) is 4.13. The second-order valence-electron chi connectivity index (χ2n) is 6.12. The van der Waals surface area contributed by atoms with E-state index >= 15 is 0 Å². The molecule has 1 amide bonds. The van der Waals surface area contributed by atoms with Gasteiger partial charge < -0.3 is 14.8 Å². The van der Waals surface area contributed by atoms with E-state index in [-0.39, 0.29) is 42.0 Å². The molecule has 1 aliphatic heterocycles. The van der Waals surface area contributed by atoms with E-state index in [1.165, 1.54) is 16.6 Å². The number of hydrogen-bond donors (Lipinski definition) is 1. The number of carbonyl (C=O) groups excluding carboxylic acids is 2. The Morgan fingerprint density at radius 3 is 2.70 bits per heavy atom. The molecule has 1 fully saturated rings. The summed E-state index contributed by atoms with van der Waals surface area (Å²) in [6.45, 7) is 0.0494. The molecule has 1 aromatic carbocycles. The monoisotopic (exact) mass is 457 g/mol. The number of rotatable bonds is 6. The molecule has 30 heavy (non-hydrogen) atoms. The fourth-order valence-electron chi connectivity index (χ4n) is 2.63. The maximum Gasteiger partial charge on any atom is 0.341 e. The first-order chi connectivity index (χ1) is 14.3. The Morgan fingerprint density at radius 1 is 1.27 bits per heavy atom. The van der Waals surface area contributed by atoms with Crippen LogP contribution >= 0.6 is 11.6 Å². The Hall–Kier alpha value is -2.60. The third kappa shape index (κ3) is 5.11. The summed E-state index contributed by atoms with van der Waals surface area (Å²) in [6, 6.07) is 5.85. The molecule has 0 bridgehead atoms. The molecule has 1 saturated heterocycles. The van der Waals surface area contributed by atoms with Gasteiger partial charge in [0.05, 0.1) is 29.4 Å². The number of halogens is 2. The van der Waals surface area contributed by atoms with Crippen molar-refractivity contribution >= 4 is 39.2 Å². The van der Waals surface area contributed by atoms with Crippen LogP contribution in [0.1, 0.15) is 10.4 Å². The Labute approximate surface area is 176 Å². The van der Waals surface area contributed by atoms with Gasteiger partial charge in [-0.15, -0.1) is 0 Å². The molecular weight excluding hydrogens is 441 g/mol. The molecule has 12 heteroatoms. The summed E-state index contributed by atoms with van der Waals surface area (Å²) in [5.74, 6) is -2.88. The van der Waals surface area contributed by atoms with Crippen LogP contribution < -0.4 is 5.32 Å². The normalized spacial score (nSPS) is 14.9. The van der Waals surface area contributed by atoms with Gasteiger partial charge in [0.2, 0.25) is 10.0 Å². The summed E-state index contributed by atoms with van der Waals surface area (Å²) < 4.78 is 50.6. The summed E-state index contributed by atoms with van der Waals surface area (Å²) in [7, 11) is -3.93. The van der Waals surface area contributed by atoms with Crippen LogP contribution in [0.5, 0.6) is 0 Å². The first-order valence-corrected chi connectivity index (χ1v) is 10.6. The summed E-state index contributed by atoms with van der Waals surface area (Å²) in [5.41, 5.74) is -0.387. The second-order valence-corrected chi connectivity index (χ2v) is 8.42. The van der Waals surface area contributed by atoms with E-state index in [1.807, 2.05) is 0 Å². The van der Waals surface area contributed by atoms with Crippen molar-refractivity contribution < 1.29 is 31.9 Å². The first-order valence-electron chi connectivity index (χ1n) is 8.74. The summed E-state index contributed by atoms with van der Waals surface area (Å²) >= 11 is 5.82. The van der Waals surface area contributed by atoms with Crippen molar-refractivity contribution in [2.24, 2.45) is 0 Å². The molecule has 0 spiro atoms. The number of esters is 1. The van der Waals surface area contributed by atoms with E-state index in [1.54, 1.807) is 6.07 Å². The minimum absolute atomic E-state index is 0.0456. The molecule has 3 rings (SSSR count). The molecule has 160 valence electrons. The fourth-order valence-corrected chi connectivity index (χ4v) is 4.23. The Bertz CT molecular complexity index is 1060. The molecule has 9 nitrogen and oxygen atoms in total. The van der Waals surface area contributed by atoms with E-state index in [0.717, 1.165) is 18.2 Å². The minimum atomic E-state index is -3.93. The highest BCUT2D eigenvalue weighted by atomic mass is 35.5. The molecule has 2 heterocycles. The van der Waals surface area contributed by atoms with Crippen molar-refractivity contribution in [1.82, 2.24) is 9.29 Å². The molecule has 0 atom stereocenters. The minimum Gasteiger partial charge on any atom is -0.452 e. The number of anilines is 1. The zero-order valence-corrected chi connectivity index (χ0v) is 17.1. The fraction of sp³-hybridized carbons (Fsp3) is 0.278. The predicted molar refractivity (Wildman–Crippen MR) is 104 cm³/mol. The van der Waals surface area contributed by atoms with Crippen LogP contribution in [0.25, 0.3) is 0 Å². The molecule has 0 radical (unpaired) electrons. The summed E-state index contributed by atoms with van der Waals surface area (Å²) in [4.78, 5) is 27.7. The number of ether oxygens (including phenoxy) is 2. The number of carbonyl (C=O) groups is 2. The lowest BCUT2D eigenvalue weighted by Gasteiger charge is -2.26. The molecule has 2 aromatic rings. The topological polar surface area (TPSA) is 115 Å². The van der Waals surface area contributed by atoms with Crippen LogP contribution in [0, 0.1) is 5.82 Å². The van der Waals surface area contributed by atoms with Crippen molar-refractivity contribution in [3.8, 4) is 0 Å². The maximum absolute atomic E-state index is 14.1. The summed E-state index contributed by atoms with van der Waals surface area (Å²) in [5, 5.41) is 2.44. The van der Waals surface area contributed by atoms with Crippen molar-refractivity contribution in [3.05, 3.63) is 53.1 Å². The summed E-state index contributed by atoms with van der Waals surface area (Å²) in [6.07, 6.45) is 1.43. The van der Waals surface area contributed by atoms with Gasteiger partial charge in [0.1, 0.15) is 5.82 Å². The van der Waals surface area contributed by atoms with Crippen LogP contribution in [-0.2, 0) is 24.3 Å². The molecule has 1 aromatic heterocycles. The third-order valence-corrected chi connectivity index (χ3v) is 6.33. The van der Waals surface area contributed by atoms with Gasteiger partial charge in [-0.3, -0.25) is 4.79 Å². The van der Waals surface area contributed by atoms with Gasteiger partial charge in [-0.1, -0.05) is 11.6 Å². The van der Waals surface area contributed by atoms with Crippen LogP contribution in [0.2, 0.25) is 5.15 Å². The van der Waals surface area contributed by atoms with E-state index < -0.39 is 39.9 Å². The lowest BCUT2D eigenvalue weighted by atomic mass is 10.2. The Morgan fingerprint density at radius 2 is 2.00 bits per heavy atom. The van der Waals surface area contributed by atoms with Gasteiger partial charge in [-0.05, 0) is 30.3 Å². The number of hydrogen-bond acceptors (Lipinski definition) is 7. The Balaban J connectivity index is 1.69. The standard InChI is InChI=1S/C18H17ClFN3O6S/c19-17-15(2-1-5-21-17)22-16(24)11-29-18(25)13-10-12(3-4-14(13)20)30(26,27)23-6-8-28-9-7-23/h1-5,10H,6-9,11H2,(H,22,24). The number of pyridine rings is 1. The highest BCUT2D eigenvalue weighted by Crippen LogP contribution is 2.21. The van der Waals surface area contributed by atoms with E-state index in [2.05, 4.69) is 10.3 Å². The highest BCUT2D eigenvalue weighted by Gasteiger charge is 2.28. The predicted octanol–water partition coefficient (Wildman–Crippen LogP) is 1.69. The average Bonchev–Trinajstić information content (AvgIpc) is 2.74. The largest absolute Gasteiger partial charge is 0.452 e. The van der Waals surface area contributed by atoms with Crippen molar-refractivity contribution in [2.75, 3.05) is 38.2 Å². The smallest absolute Gasteiger partial charge is 0.341 e. The van der Waals surface area contributed by atoms with Crippen LogP contribution in [0.4, 0.5) is 10.1 Å². The zero-order valence-electron chi connectivity index (χ0n) is 15.5. The number of morpholine rings is 1. The SMILES string of the molecule is O=C(COC(=O)c1cc(S(=O)(=O)N2CCOCC2)ccc1F)Nc1cccnc1Cl. The van der Waals surface area contributed by atoms with Crippen molar-refractivity contribution in [3.63, 3.8) is 0 Å². The van der Waals surface area contributed by atoms with Crippen molar-refractivity contribution in [2.45, 2.75) is 4.90 Å². The number of nitrogens with one attached hydrogen (secondary N) is 1. The average molecular weight is 458 g/mol. The van der Waals surface area contributed by atoms with Gasteiger partial charge in [-0.2, -0.15) is 4.31 Å². The highest BCUT2D eigenvalue weighted by molar-refractivity contribution is 7.89. The molecule has 1 aliphatic rings. The molecule has 0 unspecified atom stereocenters. The van der Waals surface area contributed by atoms with Crippen LogP contribution in [0.3, 0.4) is 0 Å². The maximum atomic E-state index is 14.1. The van der Waals surface area contributed by atoms with Gasteiger partial charge in [0.25, 0.3) is 5.91 Å². The second kappa shape index (κ2) is 9.47. The van der Waals surface area contributed by atoms with Gasteiger partial charge in [0.15, 0.2) is 11.8 Å². The Kier molecular flexibility index (Phi) is 6.98. The number of aromatic nitrogens is 1. The van der Waals surface area contributed by atoms with E-state index in [9.17, 15) is 22.4 Å². The molecule has 1 N–H and O–H groups in total. The lowest BCUT2D eigenvalue weighted by molar-refractivity contribution is -0.119. The molecular formula is C18H17ClFN3O6S. The van der Waals surface area contributed by atoms with Crippen LogP contribution in [-0.4, -0.2) is 62.5 Å². The first kappa shape index (κ1) is 22.1. The van der Waals surface area contributed by atoms with Gasteiger partial charge in [-0.25, -0.2) is 22.6 Å². The van der Waals surface area contributed by atoms with Crippen molar-refractivity contribution in [1.29, 1.82) is 0 Å². The van der Waals surface area contributed by atoms with E-state index in [0.29, 0.717) is 0 Å². The van der Waals surface area contributed by atoms with E-state index in [4.69, 9.17) is 21.1 Å². The molecule has 0 aliphatic carbocycles. The quantitative estimate of drug-likeness (QED) is 0.518.